The van der Waals surface area contributed by atoms with Gasteiger partial charge in [-0.05, 0) is 50.8 Å². The Balaban J connectivity index is 1.21. The van der Waals surface area contributed by atoms with E-state index in [0.29, 0.717) is 18.1 Å². The molecule has 194 valence electrons. The summed E-state index contributed by atoms with van der Waals surface area (Å²) in [5.74, 6) is 0.818. The van der Waals surface area contributed by atoms with Crippen LogP contribution in [-0.4, -0.2) is 92.4 Å². The van der Waals surface area contributed by atoms with Crippen LogP contribution in [-0.2, 0) is 4.74 Å². The van der Waals surface area contributed by atoms with Crippen LogP contribution >= 0.6 is 11.6 Å². The monoisotopic (exact) mass is 512 g/mol. The van der Waals surface area contributed by atoms with E-state index in [-0.39, 0.29) is 24.5 Å². The summed E-state index contributed by atoms with van der Waals surface area (Å²) in [6.45, 7) is 10.6. The van der Waals surface area contributed by atoms with Gasteiger partial charge in [0, 0.05) is 49.4 Å². The van der Waals surface area contributed by atoms with Gasteiger partial charge in [0.15, 0.2) is 0 Å². The van der Waals surface area contributed by atoms with Crippen LogP contribution in [0.5, 0.6) is 0 Å². The fourth-order valence-electron chi connectivity index (χ4n) is 6.64. The highest BCUT2D eigenvalue weighted by Crippen LogP contribution is 2.38. The molecule has 4 aliphatic rings. The summed E-state index contributed by atoms with van der Waals surface area (Å²) < 4.78 is 8.08. The Hall–Kier alpha value is -2.20. The molecule has 0 saturated carbocycles. The standard InChI is InChI=1S/C26H37ClN8O/c1-4-22(19-7-9-20(27)10-8-19)33-12-18(3)34(13-17(33)2)24-23-25(35-16-29-31-26(35)30-24)32(15-28-23)14-21-6-5-11-36-21/h7-10,15-18,21-25H,4-6,11-14H2,1-3H3,(H,30,31)/t17-,18+,21+,22-,23?,24?,25?/m1/s1. The summed E-state index contributed by atoms with van der Waals surface area (Å²) in [6, 6.07) is 9.57. The van der Waals surface area contributed by atoms with E-state index in [2.05, 4.69) is 67.7 Å². The first-order chi connectivity index (χ1) is 17.5. The van der Waals surface area contributed by atoms with Crippen molar-refractivity contribution >= 4 is 23.9 Å². The predicted molar refractivity (Wildman–Crippen MR) is 141 cm³/mol. The molecule has 5 heterocycles. The number of rotatable bonds is 6. The first-order valence-corrected chi connectivity index (χ1v) is 13.7. The van der Waals surface area contributed by atoms with Crippen LogP contribution in [0.15, 0.2) is 35.6 Å². The molecule has 2 fully saturated rings. The van der Waals surface area contributed by atoms with E-state index >= 15 is 0 Å². The van der Waals surface area contributed by atoms with Crippen molar-refractivity contribution in [3.8, 4) is 0 Å². The summed E-state index contributed by atoms with van der Waals surface area (Å²) in [4.78, 5) is 12.6. The molecule has 9 nitrogen and oxygen atoms in total. The number of piperazine rings is 1. The van der Waals surface area contributed by atoms with E-state index in [4.69, 9.17) is 21.3 Å². The van der Waals surface area contributed by atoms with Gasteiger partial charge in [-0.1, -0.05) is 30.7 Å². The Labute approximate surface area is 218 Å². The molecule has 1 aromatic carbocycles. The zero-order chi connectivity index (χ0) is 24.8. The number of aromatic nitrogens is 3. The molecule has 0 spiro atoms. The van der Waals surface area contributed by atoms with Crippen LogP contribution in [0.4, 0.5) is 5.95 Å². The number of ether oxygens (including phenoxy) is 1. The average Bonchev–Trinajstić information content (AvgIpc) is 3.64. The van der Waals surface area contributed by atoms with E-state index in [1.807, 2.05) is 24.8 Å². The minimum Gasteiger partial charge on any atom is -0.376 e. The lowest BCUT2D eigenvalue weighted by Gasteiger charge is -2.52. The molecular formula is C26H37ClN8O. The van der Waals surface area contributed by atoms with Gasteiger partial charge >= 0.3 is 0 Å². The quantitative estimate of drug-likeness (QED) is 0.633. The first-order valence-electron chi connectivity index (χ1n) is 13.4. The number of hydrogen-bond donors (Lipinski definition) is 1. The van der Waals surface area contributed by atoms with Gasteiger partial charge in [0.25, 0.3) is 0 Å². The molecule has 0 amide bonds. The lowest BCUT2D eigenvalue weighted by Crippen LogP contribution is -2.65. The number of halogens is 1. The molecule has 0 bridgehead atoms. The van der Waals surface area contributed by atoms with Crippen molar-refractivity contribution in [1.82, 2.24) is 29.5 Å². The summed E-state index contributed by atoms with van der Waals surface area (Å²) >= 11 is 6.17. The van der Waals surface area contributed by atoms with Crippen molar-refractivity contribution in [1.29, 1.82) is 0 Å². The zero-order valence-electron chi connectivity index (χ0n) is 21.4. The molecule has 2 aromatic rings. The maximum atomic E-state index is 6.17. The number of aliphatic imine (C=N–C) groups is 1. The van der Waals surface area contributed by atoms with Gasteiger partial charge in [-0.25, -0.2) is 0 Å². The molecule has 10 heteroatoms. The molecular weight excluding hydrogens is 476 g/mol. The molecule has 1 aromatic heterocycles. The Kier molecular flexibility index (Phi) is 6.66. The third-order valence-electron chi connectivity index (χ3n) is 8.41. The number of fused-ring (bicyclic) bond motifs is 3. The minimum atomic E-state index is 0.0626. The number of nitrogens with one attached hydrogen (secondary N) is 1. The Morgan fingerprint density at radius 3 is 2.75 bits per heavy atom. The van der Waals surface area contributed by atoms with Gasteiger partial charge in [-0.3, -0.25) is 19.4 Å². The molecule has 3 unspecified atom stereocenters. The van der Waals surface area contributed by atoms with Gasteiger partial charge in [0.1, 0.15) is 24.7 Å². The third kappa shape index (κ3) is 4.30. The summed E-state index contributed by atoms with van der Waals surface area (Å²) in [5, 5.41) is 13.1. The van der Waals surface area contributed by atoms with Gasteiger partial charge in [0.2, 0.25) is 5.95 Å². The van der Waals surface area contributed by atoms with E-state index < -0.39 is 0 Å². The second kappa shape index (κ2) is 9.93. The number of hydrogen-bond acceptors (Lipinski definition) is 8. The third-order valence-corrected chi connectivity index (χ3v) is 8.66. The fourth-order valence-corrected chi connectivity index (χ4v) is 6.76. The van der Waals surface area contributed by atoms with Crippen LogP contribution in [0.2, 0.25) is 5.02 Å². The van der Waals surface area contributed by atoms with E-state index in [1.165, 1.54) is 5.56 Å². The molecule has 7 atom stereocenters. The Morgan fingerprint density at radius 2 is 2.00 bits per heavy atom. The minimum absolute atomic E-state index is 0.0626. The van der Waals surface area contributed by atoms with Gasteiger partial charge < -0.3 is 15.0 Å². The smallest absolute Gasteiger partial charge is 0.227 e. The van der Waals surface area contributed by atoms with E-state index in [9.17, 15) is 0 Å². The van der Waals surface area contributed by atoms with Crippen molar-refractivity contribution in [2.45, 2.75) is 82.6 Å². The lowest BCUT2D eigenvalue weighted by atomic mass is 9.96. The highest BCUT2D eigenvalue weighted by molar-refractivity contribution is 6.30. The topological polar surface area (TPSA) is 74.0 Å². The molecule has 6 rings (SSSR count). The Morgan fingerprint density at radius 1 is 1.17 bits per heavy atom. The fraction of sp³-hybridized carbons (Fsp3) is 0.654. The maximum Gasteiger partial charge on any atom is 0.227 e. The predicted octanol–water partition coefficient (Wildman–Crippen LogP) is 3.62. The van der Waals surface area contributed by atoms with Gasteiger partial charge in [0.05, 0.1) is 12.4 Å². The SMILES string of the molecule is CC[C@H](c1ccc(Cl)cc1)N1C[C@H](C)N(C2Nc3nncn3C3C2N=CN3C[C@@H]2CCCO2)C[C@H]1C. The van der Waals surface area contributed by atoms with E-state index in [1.54, 1.807) is 0 Å². The van der Waals surface area contributed by atoms with E-state index in [0.717, 1.165) is 56.5 Å². The van der Waals surface area contributed by atoms with Crippen molar-refractivity contribution in [3.63, 3.8) is 0 Å². The number of nitrogens with zero attached hydrogens (tertiary/aromatic N) is 7. The number of benzene rings is 1. The van der Waals surface area contributed by atoms with Crippen molar-refractivity contribution < 1.29 is 4.74 Å². The van der Waals surface area contributed by atoms with Crippen molar-refractivity contribution in [3.05, 3.63) is 41.2 Å². The molecule has 4 aliphatic heterocycles. The van der Waals surface area contributed by atoms with Crippen LogP contribution in [0.1, 0.15) is 57.8 Å². The normalized spacial score (nSPS) is 33.4. The largest absolute Gasteiger partial charge is 0.376 e. The highest BCUT2D eigenvalue weighted by atomic mass is 35.5. The zero-order valence-corrected chi connectivity index (χ0v) is 22.1. The average molecular weight is 513 g/mol. The van der Waals surface area contributed by atoms with Crippen LogP contribution in [0, 0.1) is 0 Å². The van der Waals surface area contributed by atoms with Gasteiger partial charge in [-0.2, -0.15) is 0 Å². The number of anilines is 1. The molecule has 0 radical (unpaired) electrons. The van der Waals surface area contributed by atoms with Crippen molar-refractivity contribution in [2.24, 2.45) is 4.99 Å². The van der Waals surface area contributed by atoms with Crippen molar-refractivity contribution in [2.75, 3.05) is 31.6 Å². The lowest BCUT2D eigenvalue weighted by molar-refractivity contribution is -0.0200. The maximum absolute atomic E-state index is 6.17. The second-order valence-electron chi connectivity index (χ2n) is 10.7. The molecule has 2 saturated heterocycles. The molecule has 36 heavy (non-hydrogen) atoms. The molecule has 1 N–H and O–H groups in total. The summed E-state index contributed by atoms with van der Waals surface area (Å²) in [5.41, 5.74) is 1.34. The second-order valence-corrected chi connectivity index (χ2v) is 11.2. The molecule has 0 aliphatic carbocycles. The van der Waals surface area contributed by atoms with Crippen LogP contribution < -0.4 is 5.32 Å². The van der Waals surface area contributed by atoms with Gasteiger partial charge in [-0.15, -0.1) is 10.2 Å². The summed E-state index contributed by atoms with van der Waals surface area (Å²) in [6.07, 6.45) is 7.58. The highest BCUT2D eigenvalue weighted by Gasteiger charge is 2.48. The summed E-state index contributed by atoms with van der Waals surface area (Å²) in [7, 11) is 0. The van der Waals surface area contributed by atoms with Crippen LogP contribution in [0.3, 0.4) is 0 Å². The van der Waals surface area contributed by atoms with Crippen LogP contribution in [0.25, 0.3) is 0 Å². The first kappa shape index (κ1) is 24.2. The Bertz CT molecular complexity index is 1070.